The molecule has 0 radical (unpaired) electrons. The van der Waals surface area contributed by atoms with Crippen molar-refractivity contribution < 1.29 is 14.6 Å². The summed E-state index contributed by atoms with van der Waals surface area (Å²) >= 11 is 0. The highest BCUT2D eigenvalue weighted by atomic mass is 16.6. The van der Waals surface area contributed by atoms with Crippen molar-refractivity contribution in [3.8, 4) is 5.75 Å². The molecule has 0 saturated carbocycles. The second kappa shape index (κ2) is 6.89. The number of nitrogens with zero attached hydrogens (tertiary/aromatic N) is 1. The maximum atomic E-state index is 12.8. The van der Waals surface area contributed by atoms with Gasteiger partial charge in [-0.05, 0) is 76.0 Å². The summed E-state index contributed by atoms with van der Waals surface area (Å²) < 4.78 is 5.69. The number of rotatable bonds is 2. The van der Waals surface area contributed by atoms with Crippen LogP contribution in [0.4, 0.5) is 4.79 Å². The first-order valence-corrected chi connectivity index (χ1v) is 9.58. The molecule has 1 aromatic rings. The predicted octanol–water partition coefficient (Wildman–Crippen LogP) is 5.06. The lowest BCUT2D eigenvalue weighted by molar-refractivity contribution is 0.0148. The van der Waals surface area contributed by atoms with E-state index in [2.05, 4.69) is 6.92 Å². The third kappa shape index (κ3) is 3.94. The summed E-state index contributed by atoms with van der Waals surface area (Å²) in [5.41, 5.74) is 0.824. The first-order valence-electron chi connectivity index (χ1n) is 9.58. The number of amides is 1. The average Bonchev–Trinajstić information content (AvgIpc) is 2.83. The third-order valence-electron chi connectivity index (χ3n) is 5.74. The van der Waals surface area contributed by atoms with E-state index in [0.29, 0.717) is 23.6 Å². The lowest BCUT2D eigenvalue weighted by atomic mass is 9.76. The monoisotopic (exact) mass is 345 g/mol. The van der Waals surface area contributed by atoms with Crippen LogP contribution in [0.3, 0.4) is 0 Å². The molecule has 2 aliphatic rings. The number of benzene rings is 1. The Morgan fingerprint density at radius 1 is 1.16 bits per heavy atom. The summed E-state index contributed by atoms with van der Waals surface area (Å²) in [6, 6.07) is 8.19. The van der Waals surface area contributed by atoms with Crippen molar-refractivity contribution in [3.05, 3.63) is 29.8 Å². The van der Waals surface area contributed by atoms with Crippen LogP contribution in [0.2, 0.25) is 0 Å². The molecule has 0 spiro atoms. The van der Waals surface area contributed by atoms with Gasteiger partial charge in [-0.3, -0.25) is 0 Å². The van der Waals surface area contributed by atoms with E-state index in [1.807, 2.05) is 37.8 Å². The van der Waals surface area contributed by atoms with Gasteiger partial charge in [-0.25, -0.2) is 4.79 Å². The molecular weight excluding hydrogens is 314 g/mol. The smallest absolute Gasteiger partial charge is 0.410 e. The van der Waals surface area contributed by atoms with Crippen molar-refractivity contribution in [1.82, 2.24) is 4.90 Å². The molecule has 0 aliphatic carbocycles. The molecule has 4 heteroatoms. The molecule has 2 fully saturated rings. The second-order valence-corrected chi connectivity index (χ2v) is 8.61. The van der Waals surface area contributed by atoms with E-state index in [1.54, 1.807) is 12.1 Å². The molecule has 4 unspecified atom stereocenters. The quantitative estimate of drug-likeness (QED) is 0.814. The molecule has 0 aromatic heterocycles. The molecule has 2 saturated heterocycles. The highest BCUT2D eigenvalue weighted by Crippen LogP contribution is 2.45. The Labute approximate surface area is 151 Å². The van der Waals surface area contributed by atoms with E-state index in [0.717, 1.165) is 32.1 Å². The molecule has 1 N–H and O–H groups in total. The highest BCUT2D eigenvalue weighted by Gasteiger charge is 2.45. The first kappa shape index (κ1) is 18.1. The highest BCUT2D eigenvalue weighted by molar-refractivity contribution is 5.69. The first-order chi connectivity index (χ1) is 11.8. The van der Waals surface area contributed by atoms with E-state index in [-0.39, 0.29) is 12.1 Å². The Balaban J connectivity index is 1.84. The molecule has 4 atom stereocenters. The molecule has 4 nitrogen and oxygen atoms in total. The Kier molecular flexibility index (Phi) is 4.99. The summed E-state index contributed by atoms with van der Waals surface area (Å²) in [6.45, 7) is 8.03. The number of hydrogen-bond donors (Lipinski definition) is 1. The SMILES string of the molecule is CCC1CC2CCC(CC1c1ccc(O)cc1)N2C(=O)OC(C)(C)C. The molecule has 2 bridgehead atoms. The summed E-state index contributed by atoms with van der Waals surface area (Å²) in [5, 5.41) is 9.59. The van der Waals surface area contributed by atoms with Gasteiger partial charge in [0.1, 0.15) is 11.4 Å². The van der Waals surface area contributed by atoms with E-state index < -0.39 is 5.60 Å². The third-order valence-corrected chi connectivity index (χ3v) is 5.74. The van der Waals surface area contributed by atoms with Crippen molar-refractivity contribution in [2.24, 2.45) is 5.92 Å². The molecule has 1 amide bonds. The molecule has 1 aromatic carbocycles. The van der Waals surface area contributed by atoms with Gasteiger partial charge in [-0.1, -0.05) is 25.5 Å². The minimum absolute atomic E-state index is 0.152. The standard InChI is InChI=1S/C21H31NO3/c1-5-14-12-16-8-9-17(22(16)20(24)25-21(2,3)4)13-19(14)15-6-10-18(23)11-7-15/h6-7,10-11,14,16-17,19,23H,5,8-9,12-13H2,1-4H3. The number of aromatic hydroxyl groups is 1. The summed E-state index contributed by atoms with van der Waals surface area (Å²) in [5.74, 6) is 1.30. The average molecular weight is 345 g/mol. The number of hydrogen-bond acceptors (Lipinski definition) is 3. The normalized spacial score (nSPS) is 29.4. The zero-order chi connectivity index (χ0) is 18.2. The van der Waals surface area contributed by atoms with Crippen molar-refractivity contribution in [2.75, 3.05) is 0 Å². The molecule has 3 rings (SSSR count). The van der Waals surface area contributed by atoms with Gasteiger partial charge in [0.2, 0.25) is 0 Å². The lowest BCUT2D eigenvalue weighted by Gasteiger charge is -2.31. The number of phenols is 1. The van der Waals surface area contributed by atoms with Crippen LogP contribution in [0, 0.1) is 5.92 Å². The Bertz CT molecular complexity index is 605. The van der Waals surface area contributed by atoms with Gasteiger partial charge < -0.3 is 14.7 Å². The maximum absolute atomic E-state index is 12.8. The molecule has 2 aliphatic heterocycles. The molecule has 138 valence electrons. The van der Waals surface area contributed by atoms with Gasteiger partial charge in [0.25, 0.3) is 0 Å². The van der Waals surface area contributed by atoms with Gasteiger partial charge in [-0.2, -0.15) is 0 Å². The molecular formula is C21H31NO3. The number of carbonyl (C=O) groups excluding carboxylic acids is 1. The van der Waals surface area contributed by atoms with Crippen LogP contribution in [0.5, 0.6) is 5.75 Å². The van der Waals surface area contributed by atoms with E-state index in [4.69, 9.17) is 4.74 Å². The van der Waals surface area contributed by atoms with Crippen molar-refractivity contribution in [1.29, 1.82) is 0 Å². The minimum Gasteiger partial charge on any atom is -0.508 e. The fourth-order valence-corrected chi connectivity index (χ4v) is 4.62. The number of carbonyl (C=O) groups is 1. The predicted molar refractivity (Wildman–Crippen MR) is 98.7 cm³/mol. The Morgan fingerprint density at radius 3 is 2.32 bits per heavy atom. The van der Waals surface area contributed by atoms with Gasteiger partial charge in [0.15, 0.2) is 0 Å². The molecule has 25 heavy (non-hydrogen) atoms. The number of ether oxygens (including phenoxy) is 1. The fourth-order valence-electron chi connectivity index (χ4n) is 4.62. The zero-order valence-electron chi connectivity index (χ0n) is 15.9. The summed E-state index contributed by atoms with van der Waals surface area (Å²) in [7, 11) is 0. The van der Waals surface area contributed by atoms with E-state index in [9.17, 15) is 9.90 Å². The minimum atomic E-state index is -0.455. The fraction of sp³-hybridized carbons (Fsp3) is 0.667. The van der Waals surface area contributed by atoms with Gasteiger partial charge in [0.05, 0.1) is 0 Å². The van der Waals surface area contributed by atoms with Crippen LogP contribution in [-0.2, 0) is 4.74 Å². The van der Waals surface area contributed by atoms with Crippen LogP contribution >= 0.6 is 0 Å². The van der Waals surface area contributed by atoms with E-state index in [1.165, 1.54) is 5.56 Å². The van der Waals surface area contributed by atoms with Gasteiger partial charge >= 0.3 is 6.09 Å². The Hall–Kier alpha value is -1.71. The molecule has 2 heterocycles. The van der Waals surface area contributed by atoms with Crippen molar-refractivity contribution in [3.63, 3.8) is 0 Å². The Morgan fingerprint density at radius 2 is 1.76 bits per heavy atom. The lowest BCUT2D eigenvalue weighted by Crippen LogP contribution is -2.43. The van der Waals surface area contributed by atoms with E-state index >= 15 is 0 Å². The van der Waals surface area contributed by atoms with Crippen molar-refractivity contribution >= 4 is 6.09 Å². The van der Waals surface area contributed by atoms with Crippen LogP contribution in [-0.4, -0.2) is 33.8 Å². The zero-order valence-corrected chi connectivity index (χ0v) is 15.9. The summed E-state index contributed by atoms with van der Waals surface area (Å²) in [4.78, 5) is 14.8. The topological polar surface area (TPSA) is 49.8 Å². The van der Waals surface area contributed by atoms with Crippen molar-refractivity contribution in [2.45, 2.75) is 83.4 Å². The van der Waals surface area contributed by atoms with Crippen LogP contribution < -0.4 is 0 Å². The number of fused-ring (bicyclic) bond motifs is 2. The summed E-state index contributed by atoms with van der Waals surface area (Å²) in [6.07, 6.45) is 5.13. The second-order valence-electron chi connectivity index (χ2n) is 8.61. The number of phenolic OH excluding ortho intramolecular Hbond substituents is 1. The van der Waals surface area contributed by atoms with Crippen LogP contribution in [0.1, 0.15) is 71.3 Å². The maximum Gasteiger partial charge on any atom is 0.410 e. The largest absolute Gasteiger partial charge is 0.508 e. The van der Waals surface area contributed by atoms with Crippen LogP contribution in [0.25, 0.3) is 0 Å². The van der Waals surface area contributed by atoms with Gasteiger partial charge in [-0.15, -0.1) is 0 Å². The van der Waals surface area contributed by atoms with Crippen LogP contribution in [0.15, 0.2) is 24.3 Å². The van der Waals surface area contributed by atoms with Gasteiger partial charge in [0, 0.05) is 12.1 Å².